The van der Waals surface area contributed by atoms with Gasteiger partial charge in [0.15, 0.2) is 0 Å². The molecule has 0 spiro atoms. The van der Waals surface area contributed by atoms with Crippen LogP contribution in [0.1, 0.15) is 28.0 Å². The van der Waals surface area contributed by atoms with E-state index in [-0.39, 0.29) is 11.6 Å². The number of rotatable bonds is 3. The molecule has 3 heterocycles. The fourth-order valence-electron chi connectivity index (χ4n) is 4.43. The third-order valence-corrected chi connectivity index (χ3v) is 5.97. The zero-order valence-corrected chi connectivity index (χ0v) is 16.5. The number of nitrogens with zero attached hydrogens (tertiary/aromatic N) is 5. The molecule has 8 nitrogen and oxygen atoms in total. The normalized spacial score (nSPS) is 16.0. The molecule has 1 aliphatic carbocycles. The second kappa shape index (κ2) is 7.37. The van der Waals surface area contributed by atoms with Crippen molar-refractivity contribution in [2.75, 3.05) is 31.1 Å². The summed E-state index contributed by atoms with van der Waals surface area (Å²) < 4.78 is 0. The molecule has 0 N–H and O–H groups in total. The minimum absolute atomic E-state index is 0.0222. The van der Waals surface area contributed by atoms with Gasteiger partial charge in [0.1, 0.15) is 12.0 Å². The average Bonchev–Trinajstić information content (AvgIpc) is 3.25. The highest BCUT2D eigenvalue weighted by Crippen LogP contribution is 2.31. The van der Waals surface area contributed by atoms with Crippen molar-refractivity contribution in [3.05, 3.63) is 69.5 Å². The Morgan fingerprint density at radius 2 is 1.83 bits per heavy atom. The molecule has 5 rings (SSSR count). The molecule has 152 valence electrons. The Morgan fingerprint density at radius 1 is 1.03 bits per heavy atom. The molecule has 0 radical (unpaired) electrons. The van der Waals surface area contributed by atoms with E-state index in [4.69, 9.17) is 4.98 Å². The molecule has 0 saturated carbocycles. The van der Waals surface area contributed by atoms with Gasteiger partial charge in [0, 0.05) is 43.3 Å². The van der Waals surface area contributed by atoms with Crippen molar-refractivity contribution in [3.8, 4) is 0 Å². The number of piperazine rings is 1. The summed E-state index contributed by atoms with van der Waals surface area (Å²) in [7, 11) is 0. The lowest BCUT2D eigenvalue weighted by Crippen LogP contribution is -2.49. The van der Waals surface area contributed by atoms with Gasteiger partial charge in [-0.2, -0.15) is 0 Å². The van der Waals surface area contributed by atoms with Crippen molar-refractivity contribution in [1.29, 1.82) is 0 Å². The lowest BCUT2D eigenvalue weighted by Gasteiger charge is -2.35. The second-order valence-electron chi connectivity index (χ2n) is 7.69. The van der Waals surface area contributed by atoms with Gasteiger partial charge in [0.25, 0.3) is 11.6 Å². The predicted octanol–water partition coefficient (Wildman–Crippen LogP) is 2.99. The van der Waals surface area contributed by atoms with Crippen molar-refractivity contribution in [2.45, 2.75) is 19.3 Å². The monoisotopic (exact) mass is 403 g/mol. The molecule has 30 heavy (non-hydrogen) atoms. The molecule has 0 unspecified atom stereocenters. The molecule has 0 atom stereocenters. The van der Waals surface area contributed by atoms with Crippen molar-refractivity contribution in [1.82, 2.24) is 14.9 Å². The summed E-state index contributed by atoms with van der Waals surface area (Å²) in [5.41, 5.74) is 3.85. The molecule has 0 bridgehead atoms. The quantitative estimate of drug-likeness (QED) is 0.493. The first-order chi connectivity index (χ1) is 14.6. The molecule has 1 aromatic carbocycles. The van der Waals surface area contributed by atoms with Crippen LogP contribution in [0.3, 0.4) is 0 Å². The maximum atomic E-state index is 13.5. The highest BCUT2D eigenvalue weighted by molar-refractivity contribution is 6.08. The van der Waals surface area contributed by atoms with Gasteiger partial charge in [-0.15, -0.1) is 0 Å². The van der Waals surface area contributed by atoms with Crippen LogP contribution in [0.5, 0.6) is 0 Å². The first-order valence-electron chi connectivity index (χ1n) is 10.2. The van der Waals surface area contributed by atoms with E-state index in [9.17, 15) is 14.9 Å². The van der Waals surface area contributed by atoms with Crippen LogP contribution in [0.4, 0.5) is 11.5 Å². The molecule has 1 aliphatic heterocycles. The summed E-state index contributed by atoms with van der Waals surface area (Å²) in [6.07, 6.45) is 4.15. The molecular weight excluding hydrogens is 382 g/mol. The fraction of sp³-hybridized carbons (Fsp3) is 0.318. The van der Waals surface area contributed by atoms with Crippen molar-refractivity contribution in [3.63, 3.8) is 0 Å². The minimum Gasteiger partial charge on any atom is -0.353 e. The topological polar surface area (TPSA) is 92.5 Å². The first-order valence-corrected chi connectivity index (χ1v) is 10.2. The van der Waals surface area contributed by atoms with Gasteiger partial charge in [-0.05, 0) is 37.0 Å². The molecule has 8 heteroatoms. The van der Waals surface area contributed by atoms with Crippen LogP contribution in [-0.2, 0) is 12.8 Å². The highest BCUT2D eigenvalue weighted by Gasteiger charge is 2.29. The van der Waals surface area contributed by atoms with Gasteiger partial charge in [-0.25, -0.2) is 4.98 Å². The van der Waals surface area contributed by atoms with Crippen LogP contribution >= 0.6 is 0 Å². The van der Waals surface area contributed by atoms with E-state index in [1.165, 1.54) is 12.3 Å². The average molecular weight is 403 g/mol. The minimum atomic E-state index is -0.454. The number of benzene rings is 1. The maximum Gasteiger partial charge on any atom is 0.287 e. The third kappa shape index (κ3) is 3.14. The Labute approximate surface area is 173 Å². The second-order valence-corrected chi connectivity index (χ2v) is 7.69. The number of pyridine rings is 2. The molecule has 2 aliphatic rings. The highest BCUT2D eigenvalue weighted by atomic mass is 16.6. The number of carbonyl (C=O) groups is 1. The standard InChI is InChI=1S/C22H21N5O3/c28-22(21-16-4-1-2-6-18(16)24-19-7-3-5-17(19)21)26-12-10-25(11-13-26)20-9-8-15(14-23-20)27(29)30/h1-2,4,6,8-9,14H,3,5,7,10-13H2. The van der Waals surface area contributed by atoms with Crippen LogP contribution in [0.15, 0.2) is 42.6 Å². The Morgan fingerprint density at radius 3 is 2.57 bits per heavy atom. The van der Waals surface area contributed by atoms with E-state index in [0.717, 1.165) is 47.0 Å². The first kappa shape index (κ1) is 18.5. The van der Waals surface area contributed by atoms with Crippen LogP contribution in [0, 0.1) is 10.1 Å². The summed E-state index contributed by atoms with van der Waals surface area (Å²) in [6, 6.07) is 11.0. The van der Waals surface area contributed by atoms with Crippen molar-refractivity contribution < 1.29 is 9.72 Å². The number of amides is 1. The molecule has 2 aromatic heterocycles. The third-order valence-electron chi connectivity index (χ3n) is 5.97. The Kier molecular flexibility index (Phi) is 4.54. The smallest absolute Gasteiger partial charge is 0.287 e. The number of aryl methyl sites for hydroxylation is 1. The predicted molar refractivity (Wildman–Crippen MR) is 113 cm³/mol. The molecule has 1 saturated heterocycles. The largest absolute Gasteiger partial charge is 0.353 e. The number of anilines is 1. The zero-order valence-electron chi connectivity index (χ0n) is 16.5. The number of carbonyl (C=O) groups excluding carboxylic acids is 1. The van der Waals surface area contributed by atoms with E-state index in [0.29, 0.717) is 32.0 Å². The Hall–Kier alpha value is -3.55. The number of para-hydroxylation sites is 1. The van der Waals surface area contributed by atoms with Gasteiger partial charge < -0.3 is 9.80 Å². The lowest BCUT2D eigenvalue weighted by atomic mass is 9.99. The van der Waals surface area contributed by atoms with Crippen LogP contribution in [0.25, 0.3) is 10.9 Å². The van der Waals surface area contributed by atoms with Gasteiger partial charge in [0.2, 0.25) is 0 Å². The van der Waals surface area contributed by atoms with E-state index in [1.807, 2.05) is 29.2 Å². The number of nitro groups is 1. The molecule has 3 aromatic rings. The van der Waals surface area contributed by atoms with E-state index >= 15 is 0 Å². The van der Waals surface area contributed by atoms with E-state index in [2.05, 4.69) is 9.88 Å². The summed E-state index contributed by atoms with van der Waals surface area (Å²) >= 11 is 0. The van der Waals surface area contributed by atoms with E-state index in [1.54, 1.807) is 6.07 Å². The molecule has 1 amide bonds. The fourth-order valence-corrected chi connectivity index (χ4v) is 4.43. The van der Waals surface area contributed by atoms with Crippen LogP contribution in [-0.4, -0.2) is 51.9 Å². The summed E-state index contributed by atoms with van der Waals surface area (Å²) in [6.45, 7) is 2.45. The molecular formula is C22H21N5O3. The van der Waals surface area contributed by atoms with Crippen molar-refractivity contribution in [2.24, 2.45) is 0 Å². The van der Waals surface area contributed by atoms with Gasteiger partial charge in [-0.1, -0.05) is 18.2 Å². The SMILES string of the molecule is O=C(c1c2c(nc3ccccc13)CCC2)N1CCN(c2ccc([N+](=O)[O-])cn2)CC1. The summed E-state index contributed by atoms with van der Waals surface area (Å²) in [5.74, 6) is 0.769. The number of fused-ring (bicyclic) bond motifs is 2. The summed E-state index contributed by atoms with van der Waals surface area (Å²) in [4.78, 5) is 36.8. The maximum absolute atomic E-state index is 13.5. The zero-order chi connectivity index (χ0) is 20.7. The van der Waals surface area contributed by atoms with Crippen LogP contribution < -0.4 is 4.90 Å². The summed E-state index contributed by atoms with van der Waals surface area (Å²) in [5, 5.41) is 11.8. The molecule has 1 fully saturated rings. The van der Waals surface area contributed by atoms with Crippen LogP contribution in [0.2, 0.25) is 0 Å². The van der Waals surface area contributed by atoms with Gasteiger partial charge in [-0.3, -0.25) is 19.9 Å². The lowest BCUT2D eigenvalue weighted by molar-refractivity contribution is -0.385. The van der Waals surface area contributed by atoms with E-state index < -0.39 is 4.92 Å². The number of hydrogen-bond donors (Lipinski definition) is 0. The Balaban J connectivity index is 1.37. The van der Waals surface area contributed by atoms with Crippen molar-refractivity contribution >= 4 is 28.3 Å². The number of aromatic nitrogens is 2. The van der Waals surface area contributed by atoms with Gasteiger partial charge in [0.05, 0.1) is 16.0 Å². The van der Waals surface area contributed by atoms with Gasteiger partial charge >= 0.3 is 0 Å². The Bertz CT molecular complexity index is 1140. The number of hydrogen-bond acceptors (Lipinski definition) is 6.